The lowest BCUT2D eigenvalue weighted by Crippen LogP contribution is -2.39. The van der Waals surface area contributed by atoms with Crippen molar-refractivity contribution in [2.24, 2.45) is 0 Å². The van der Waals surface area contributed by atoms with Gasteiger partial charge in [-0.3, -0.25) is 4.79 Å². The summed E-state index contributed by atoms with van der Waals surface area (Å²) >= 11 is 0. The minimum Gasteiger partial charge on any atom is -0.493 e. The number of carbonyl (C=O) groups is 1. The number of hydrogen-bond donors (Lipinski definition) is 1. The van der Waals surface area contributed by atoms with E-state index in [9.17, 15) is 4.79 Å². The minimum absolute atomic E-state index is 0.0334. The van der Waals surface area contributed by atoms with Gasteiger partial charge in [0.05, 0.1) is 6.61 Å². The molecule has 1 N–H and O–H groups in total. The van der Waals surface area contributed by atoms with Crippen LogP contribution in [0.4, 0.5) is 0 Å². The summed E-state index contributed by atoms with van der Waals surface area (Å²) in [6, 6.07) is 6.15. The van der Waals surface area contributed by atoms with E-state index < -0.39 is 0 Å². The maximum Gasteiger partial charge on any atom is 0.251 e. The predicted octanol–water partition coefficient (Wildman–Crippen LogP) is 2.41. The van der Waals surface area contributed by atoms with Crippen LogP contribution in [0, 0.1) is 0 Å². The van der Waals surface area contributed by atoms with Crippen molar-refractivity contribution in [1.82, 2.24) is 5.32 Å². The molecule has 0 aromatic heterocycles. The standard InChI is InChI=1S/C17H21NO3/c19-16(18-13-3-8-20-9-4-13)12-1-2-15-14(11-12)17(5-6-17)7-10-21-15/h1-2,11,13H,3-10H2,(H,18,19). The number of carbonyl (C=O) groups excluding carboxylic acids is 1. The second-order valence-corrected chi connectivity index (χ2v) is 6.45. The molecule has 2 heterocycles. The van der Waals surface area contributed by atoms with Gasteiger partial charge in [0.1, 0.15) is 5.75 Å². The fourth-order valence-corrected chi connectivity index (χ4v) is 3.48. The normalized spacial score (nSPS) is 23.2. The first-order valence-electron chi connectivity index (χ1n) is 7.93. The van der Waals surface area contributed by atoms with Gasteiger partial charge in [0.25, 0.3) is 5.91 Å². The molecule has 0 radical (unpaired) electrons. The van der Waals surface area contributed by atoms with Crippen LogP contribution in [0.5, 0.6) is 5.75 Å². The predicted molar refractivity (Wildman–Crippen MR) is 78.8 cm³/mol. The highest BCUT2D eigenvalue weighted by Gasteiger charge is 2.47. The third-order valence-corrected chi connectivity index (χ3v) is 5.06. The lowest BCUT2D eigenvalue weighted by molar-refractivity contribution is 0.0696. The van der Waals surface area contributed by atoms with E-state index in [2.05, 4.69) is 11.4 Å². The topological polar surface area (TPSA) is 47.6 Å². The molecule has 1 aromatic rings. The molecule has 1 amide bonds. The van der Waals surface area contributed by atoms with Crippen LogP contribution in [-0.4, -0.2) is 31.8 Å². The van der Waals surface area contributed by atoms with Crippen molar-refractivity contribution < 1.29 is 14.3 Å². The van der Waals surface area contributed by atoms with Gasteiger partial charge in [-0.1, -0.05) is 0 Å². The quantitative estimate of drug-likeness (QED) is 0.908. The maximum atomic E-state index is 12.4. The number of hydrogen-bond acceptors (Lipinski definition) is 3. The van der Waals surface area contributed by atoms with Gasteiger partial charge >= 0.3 is 0 Å². The van der Waals surface area contributed by atoms with E-state index in [0.29, 0.717) is 5.41 Å². The summed E-state index contributed by atoms with van der Waals surface area (Å²) in [7, 11) is 0. The Balaban J connectivity index is 1.54. The first-order chi connectivity index (χ1) is 10.3. The number of nitrogens with one attached hydrogen (secondary N) is 1. The molecule has 4 nitrogen and oxygen atoms in total. The van der Waals surface area contributed by atoms with Crippen LogP contribution in [0.25, 0.3) is 0 Å². The second kappa shape index (κ2) is 5.02. The van der Waals surface area contributed by atoms with Crippen LogP contribution >= 0.6 is 0 Å². The lowest BCUT2D eigenvalue weighted by Gasteiger charge is -2.27. The van der Waals surface area contributed by atoms with E-state index in [4.69, 9.17) is 9.47 Å². The molecule has 1 saturated heterocycles. The molecule has 112 valence electrons. The summed E-state index contributed by atoms with van der Waals surface area (Å²) in [6.45, 7) is 2.29. The van der Waals surface area contributed by atoms with E-state index in [-0.39, 0.29) is 11.9 Å². The van der Waals surface area contributed by atoms with Crippen LogP contribution in [0.15, 0.2) is 18.2 Å². The Bertz CT molecular complexity index is 559. The molecule has 3 aliphatic rings. The van der Waals surface area contributed by atoms with Crippen molar-refractivity contribution in [1.29, 1.82) is 0 Å². The Hall–Kier alpha value is -1.55. The molecule has 1 spiro atoms. The molecule has 4 rings (SSSR count). The Morgan fingerprint density at radius 3 is 2.71 bits per heavy atom. The van der Waals surface area contributed by atoms with Crippen LogP contribution in [0.2, 0.25) is 0 Å². The molecular formula is C17H21NO3. The molecule has 2 aliphatic heterocycles. The second-order valence-electron chi connectivity index (χ2n) is 6.45. The molecule has 0 atom stereocenters. The highest BCUT2D eigenvalue weighted by molar-refractivity contribution is 5.95. The van der Waals surface area contributed by atoms with E-state index in [1.807, 2.05) is 12.1 Å². The average Bonchev–Trinajstić information content (AvgIpc) is 3.29. The van der Waals surface area contributed by atoms with Crippen LogP contribution in [0.3, 0.4) is 0 Å². The van der Waals surface area contributed by atoms with Crippen molar-refractivity contribution in [3.05, 3.63) is 29.3 Å². The van der Waals surface area contributed by atoms with Crippen molar-refractivity contribution in [3.63, 3.8) is 0 Å². The highest BCUT2D eigenvalue weighted by Crippen LogP contribution is 2.55. The lowest BCUT2D eigenvalue weighted by atomic mass is 9.88. The Labute approximate surface area is 124 Å². The highest BCUT2D eigenvalue weighted by atomic mass is 16.5. The van der Waals surface area contributed by atoms with Gasteiger partial charge in [0, 0.05) is 35.8 Å². The number of rotatable bonds is 2. The zero-order chi connectivity index (χ0) is 14.3. The smallest absolute Gasteiger partial charge is 0.251 e. The van der Waals surface area contributed by atoms with Crippen LogP contribution < -0.4 is 10.1 Å². The molecule has 2 fully saturated rings. The summed E-state index contributed by atoms with van der Waals surface area (Å²) in [4.78, 5) is 12.4. The van der Waals surface area contributed by atoms with Gasteiger partial charge in [-0.05, 0) is 50.3 Å². The van der Waals surface area contributed by atoms with E-state index in [1.165, 1.54) is 18.4 Å². The third kappa shape index (κ3) is 2.42. The SMILES string of the molecule is O=C(NC1CCOCC1)c1ccc2c(c1)C1(CCO2)CC1. The van der Waals surface area contributed by atoms with Crippen molar-refractivity contribution >= 4 is 5.91 Å². The summed E-state index contributed by atoms with van der Waals surface area (Å²) in [5, 5.41) is 3.13. The first kappa shape index (κ1) is 13.1. The van der Waals surface area contributed by atoms with Gasteiger partial charge in [0.15, 0.2) is 0 Å². The Kier molecular flexibility index (Phi) is 3.14. The van der Waals surface area contributed by atoms with E-state index in [1.54, 1.807) is 0 Å². The Morgan fingerprint density at radius 1 is 1.14 bits per heavy atom. The molecule has 1 aliphatic carbocycles. The Morgan fingerprint density at radius 2 is 1.95 bits per heavy atom. The number of benzene rings is 1. The van der Waals surface area contributed by atoms with Crippen LogP contribution in [0.1, 0.15) is 48.0 Å². The van der Waals surface area contributed by atoms with Gasteiger partial charge in [-0.2, -0.15) is 0 Å². The third-order valence-electron chi connectivity index (χ3n) is 5.06. The molecule has 4 heteroatoms. The minimum atomic E-state index is 0.0334. The number of ether oxygens (including phenoxy) is 2. The average molecular weight is 287 g/mol. The molecule has 1 saturated carbocycles. The number of fused-ring (bicyclic) bond motifs is 2. The zero-order valence-electron chi connectivity index (χ0n) is 12.2. The molecule has 1 aromatic carbocycles. The van der Waals surface area contributed by atoms with E-state index in [0.717, 1.165) is 50.4 Å². The van der Waals surface area contributed by atoms with Gasteiger partial charge in [-0.25, -0.2) is 0 Å². The monoisotopic (exact) mass is 287 g/mol. The molecule has 0 unspecified atom stereocenters. The van der Waals surface area contributed by atoms with Gasteiger partial charge in [-0.15, -0.1) is 0 Å². The summed E-state index contributed by atoms with van der Waals surface area (Å²) in [5.74, 6) is 1.01. The first-order valence-corrected chi connectivity index (χ1v) is 7.93. The van der Waals surface area contributed by atoms with Crippen molar-refractivity contribution in [2.45, 2.75) is 43.6 Å². The van der Waals surface area contributed by atoms with Crippen LogP contribution in [-0.2, 0) is 10.2 Å². The zero-order valence-corrected chi connectivity index (χ0v) is 12.2. The van der Waals surface area contributed by atoms with E-state index >= 15 is 0 Å². The maximum absolute atomic E-state index is 12.4. The summed E-state index contributed by atoms with van der Waals surface area (Å²) in [5.41, 5.74) is 2.31. The molecule has 21 heavy (non-hydrogen) atoms. The molecular weight excluding hydrogens is 266 g/mol. The van der Waals surface area contributed by atoms with Gasteiger partial charge < -0.3 is 14.8 Å². The fourth-order valence-electron chi connectivity index (χ4n) is 3.48. The largest absolute Gasteiger partial charge is 0.493 e. The summed E-state index contributed by atoms with van der Waals surface area (Å²) in [6.07, 6.45) is 5.36. The van der Waals surface area contributed by atoms with Gasteiger partial charge in [0.2, 0.25) is 0 Å². The van der Waals surface area contributed by atoms with Crippen molar-refractivity contribution in [3.8, 4) is 5.75 Å². The summed E-state index contributed by atoms with van der Waals surface area (Å²) < 4.78 is 11.1. The molecule has 0 bridgehead atoms. The fraction of sp³-hybridized carbons (Fsp3) is 0.588. The number of amides is 1. The van der Waals surface area contributed by atoms with Crippen molar-refractivity contribution in [2.75, 3.05) is 19.8 Å².